The lowest BCUT2D eigenvalue weighted by molar-refractivity contribution is -0.890. The first-order chi connectivity index (χ1) is 14.0. The van der Waals surface area contributed by atoms with Crippen LogP contribution in [0.15, 0.2) is 65.6 Å². The van der Waals surface area contributed by atoms with E-state index in [0.29, 0.717) is 11.4 Å². The number of hydrogen-bond donors (Lipinski definition) is 2. The van der Waals surface area contributed by atoms with E-state index in [0.717, 1.165) is 24.8 Å². The number of nitrogens with one attached hydrogen (secondary N) is 2. The van der Waals surface area contributed by atoms with Crippen LogP contribution in [0.1, 0.15) is 35.6 Å². The Morgan fingerprint density at radius 1 is 0.931 bits per heavy atom. The van der Waals surface area contributed by atoms with Crippen molar-refractivity contribution in [3.63, 3.8) is 0 Å². The second-order valence-electron chi connectivity index (χ2n) is 8.19. The van der Waals surface area contributed by atoms with Crippen molar-refractivity contribution >= 4 is 20.8 Å². The van der Waals surface area contributed by atoms with Crippen LogP contribution in [-0.2, 0) is 22.9 Å². The number of sulfonamides is 1. The molecule has 0 aliphatic heterocycles. The van der Waals surface area contributed by atoms with E-state index in [-0.39, 0.29) is 6.04 Å². The number of hydrogen-bond acceptors (Lipinski definition) is 2. The van der Waals surface area contributed by atoms with Crippen LogP contribution in [0.3, 0.4) is 0 Å². The average Bonchev–Trinajstić information content (AvgIpc) is 2.73. The first kappa shape index (κ1) is 20.1. The zero-order valence-corrected chi connectivity index (χ0v) is 17.9. The van der Waals surface area contributed by atoms with E-state index in [9.17, 15) is 8.42 Å². The van der Waals surface area contributed by atoms with Crippen LogP contribution >= 0.6 is 0 Å². The number of benzene rings is 3. The van der Waals surface area contributed by atoms with Crippen molar-refractivity contribution in [1.29, 1.82) is 0 Å². The molecule has 0 fully saturated rings. The van der Waals surface area contributed by atoms with Crippen molar-refractivity contribution in [1.82, 2.24) is 4.72 Å². The van der Waals surface area contributed by atoms with Crippen molar-refractivity contribution in [3.8, 4) is 0 Å². The number of aryl methyl sites for hydroxylation is 2. The Balaban J connectivity index is 1.59. The molecular weight excluding hydrogens is 380 g/mol. The molecule has 0 heterocycles. The van der Waals surface area contributed by atoms with Gasteiger partial charge in [-0.25, -0.2) is 13.1 Å². The lowest BCUT2D eigenvalue weighted by Gasteiger charge is -2.24. The van der Waals surface area contributed by atoms with Crippen molar-refractivity contribution in [2.45, 2.75) is 36.6 Å². The van der Waals surface area contributed by atoms with E-state index < -0.39 is 10.0 Å². The summed E-state index contributed by atoms with van der Waals surface area (Å²) in [6.45, 7) is 0.357. The fourth-order valence-corrected chi connectivity index (χ4v) is 5.43. The fraction of sp³-hybridized carbons (Fsp3) is 0.333. The van der Waals surface area contributed by atoms with Crippen molar-refractivity contribution in [3.05, 3.63) is 77.4 Å². The Kier molecular flexibility index (Phi) is 5.72. The molecule has 0 radical (unpaired) electrons. The van der Waals surface area contributed by atoms with E-state index in [4.69, 9.17) is 0 Å². The summed E-state index contributed by atoms with van der Waals surface area (Å²) < 4.78 is 28.9. The topological polar surface area (TPSA) is 50.6 Å². The molecule has 152 valence electrons. The minimum Gasteiger partial charge on any atom is -0.333 e. The molecular formula is C24H29N2O2S+. The zero-order valence-electron chi connectivity index (χ0n) is 17.1. The highest BCUT2D eigenvalue weighted by atomic mass is 32.2. The normalized spacial score (nSPS) is 15.4. The van der Waals surface area contributed by atoms with E-state index in [1.807, 2.05) is 30.3 Å². The van der Waals surface area contributed by atoms with Crippen molar-refractivity contribution in [2.75, 3.05) is 20.6 Å². The second-order valence-corrected chi connectivity index (χ2v) is 9.95. The highest BCUT2D eigenvalue weighted by molar-refractivity contribution is 7.89. The third kappa shape index (κ3) is 4.22. The van der Waals surface area contributed by atoms with E-state index in [1.165, 1.54) is 33.2 Å². The predicted octanol–water partition coefficient (Wildman–Crippen LogP) is 2.88. The molecule has 1 aliphatic rings. The van der Waals surface area contributed by atoms with Gasteiger partial charge < -0.3 is 4.90 Å². The summed E-state index contributed by atoms with van der Waals surface area (Å²) in [5.74, 6) is 0. The van der Waals surface area contributed by atoms with Gasteiger partial charge in [0.15, 0.2) is 0 Å². The lowest BCUT2D eigenvalue weighted by atomic mass is 9.92. The summed E-state index contributed by atoms with van der Waals surface area (Å²) >= 11 is 0. The molecule has 0 spiro atoms. The maximum absolute atomic E-state index is 13.0. The Morgan fingerprint density at radius 3 is 2.45 bits per heavy atom. The minimum absolute atomic E-state index is 0.0218. The van der Waals surface area contributed by atoms with Crippen LogP contribution in [0.4, 0.5) is 0 Å². The molecule has 0 bridgehead atoms. The monoisotopic (exact) mass is 409 g/mol. The Bertz CT molecular complexity index is 1120. The van der Waals surface area contributed by atoms with Gasteiger partial charge in [-0.05, 0) is 59.7 Å². The highest BCUT2D eigenvalue weighted by Crippen LogP contribution is 2.25. The summed E-state index contributed by atoms with van der Waals surface area (Å²) in [4.78, 5) is 1.57. The highest BCUT2D eigenvalue weighted by Gasteiger charge is 2.24. The molecule has 29 heavy (non-hydrogen) atoms. The van der Waals surface area contributed by atoms with Crippen LogP contribution in [0.25, 0.3) is 10.8 Å². The van der Waals surface area contributed by atoms with Gasteiger partial charge in [0, 0.05) is 5.56 Å². The smallest absolute Gasteiger partial charge is 0.240 e. The van der Waals surface area contributed by atoms with Gasteiger partial charge in [-0.1, -0.05) is 48.5 Å². The van der Waals surface area contributed by atoms with Gasteiger partial charge in [-0.15, -0.1) is 0 Å². The second kappa shape index (κ2) is 8.27. The largest absolute Gasteiger partial charge is 0.333 e. The zero-order chi connectivity index (χ0) is 20.4. The van der Waals surface area contributed by atoms with Crippen LogP contribution in [0.2, 0.25) is 0 Å². The summed E-state index contributed by atoms with van der Waals surface area (Å²) in [5.41, 5.74) is 3.64. The van der Waals surface area contributed by atoms with Gasteiger partial charge >= 0.3 is 0 Å². The summed E-state index contributed by atoms with van der Waals surface area (Å²) in [7, 11) is 0.591. The van der Waals surface area contributed by atoms with Crippen molar-refractivity contribution in [2.24, 2.45) is 0 Å². The molecule has 0 aromatic heterocycles. The maximum atomic E-state index is 13.0. The molecule has 0 unspecified atom stereocenters. The van der Waals surface area contributed by atoms with Gasteiger partial charge in [0.2, 0.25) is 10.0 Å². The molecule has 1 aliphatic carbocycles. The van der Waals surface area contributed by atoms with Crippen molar-refractivity contribution < 1.29 is 13.3 Å². The number of rotatable bonds is 6. The van der Waals surface area contributed by atoms with E-state index >= 15 is 0 Å². The summed E-state index contributed by atoms with van der Waals surface area (Å²) in [6.07, 6.45) is 4.35. The maximum Gasteiger partial charge on any atom is 0.240 e. The molecule has 5 heteroatoms. The van der Waals surface area contributed by atoms with E-state index in [1.54, 1.807) is 6.07 Å². The Hall–Kier alpha value is -2.21. The number of fused-ring (bicyclic) bond motifs is 2. The van der Waals surface area contributed by atoms with E-state index in [2.05, 4.69) is 43.1 Å². The third-order valence-electron chi connectivity index (χ3n) is 6.00. The molecule has 4 nitrogen and oxygen atoms in total. The van der Waals surface area contributed by atoms with Gasteiger partial charge in [0.25, 0.3) is 0 Å². The Morgan fingerprint density at radius 2 is 1.66 bits per heavy atom. The molecule has 0 saturated heterocycles. The van der Waals surface area contributed by atoms with Gasteiger partial charge in [-0.2, -0.15) is 0 Å². The SMILES string of the molecule is C[NH+](C)[C@H](CNS(=O)(=O)c1ccc2c(c1)CCCC2)c1cccc2ccccc12. The molecule has 3 aromatic rings. The van der Waals surface area contributed by atoms with Gasteiger partial charge in [0.05, 0.1) is 25.5 Å². The predicted molar refractivity (Wildman–Crippen MR) is 118 cm³/mol. The first-order valence-corrected chi connectivity index (χ1v) is 11.8. The molecule has 2 N–H and O–H groups in total. The van der Waals surface area contributed by atoms with Gasteiger partial charge in [0.1, 0.15) is 6.04 Å². The molecule has 0 saturated carbocycles. The quantitative estimate of drug-likeness (QED) is 0.658. The standard InChI is InChI=1S/C24H28N2O2S/c1-26(2)24(23-13-7-11-19-9-5-6-12-22(19)23)17-25-29(27,28)21-15-14-18-8-3-4-10-20(18)16-21/h5-7,9,11-16,24-25H,3-4,8,10,17H2,1-2H3/p+1/t24-/m1/s1. The van der Waals surface area contributed by atoms with Gasteiger partial charge in [-0.3, -0.25) is 0 Å². The summed E-state index contributed by atoms with van der Waals surface area (Å²) in [5, 5.41) is 2.35. The van der Waals surface area contributed by atoms with Crippen LogP contribution < -0.4 is 9.62 Å². The number of likely N-dealkylation sites (N-methyl/N-ethyl adjacent to an activating group) is 1. The molecule has 3 aromatic carbocycles. The molecule has 0 amide bonds. The van der Waals surface area contributed by atoms with Crippen LogP contribution in [0, 0.1) is 0 Å². The third-order valence-corrected chi connectivity index (χ3v) is 7.42. The molecule has 4 rings (SSSR count). The van der Waals surface area contributed by atoms with Crippen LogP contribution in [-0.4, -0.2) is 29.1 Å². The molecule has 1 atom stereocenters. The number of quaternary nitrogens is 1. The Labute approximate surface area is 173 Å². The first-order valence-electron chi connectivity index (χ1n) is 10.3. The lowest BCUT2D eigenvalue weighted by Crippen LogP contribution is -3.07. The van der Waals surface area contributed by atoms with Crippen LogP contribution in [0.5, 0.6) is 0 Å². The summed E-state index contributed by atoms with van der Waals surface area (Å²) in [6, 6.07) is 20.1. The average molecular weight is 410 g/mol. The fourth-order valence-electron chi connectivity index (χ4n) is 4.33. The minimum atomic E-state index is -3.55.